The molecule has 0 aromatic heterocycles. The van der Waals surface area contributed by atoms with Crippen LogP contribution >= 0.6 is 0 Å². The van der Waals surface area contributed by atoms with Gasteiger partial charge in [0.2, 0.25) is 0 Å². The lowest BCUT2D eigenvalue weighted by Gasteiger charge is -2.18. The fraction of sp³-hybridized carbons (Fsp3) is 0.200. The molecule has 0 spiro atoms. The second-order valence-electron chi connectivity index (χ2n) is 7.06. The highest BCUT2D eigenvalue weighted by Crippen LogP contribution is 2.26. The molecule has 0 heterocycles. The molecule has 0 fully saturated rings. The number of amides is 2. The van der Waals surface area contributed by atoms with Crippen molar-refractivity contribution in [2.75, 3.05) is 11.9 Å². The maximum Gasteiger partial charge on any atom is 0.313 e. The van der Waals surface area contributed by atoms with Crippen molar-refractivity contribution in [2.24, 2.45) is 0 Å². The van der Waals surface area contributed by atoms with Gasteiger partial charge >= 0.3 is 11.8 Å². The van der Waals surface area contributed by atoms with Crippen LogP contribution in [0.5, 0.6) is 17.2 Å². The summed E-state index contributed by atoms with van der Waals surface area (Å²) in [6, 6.07) is 21.6. The molecule has 3 aromatic carbocycles. The number of anilines is 1. The molecule has 3 rings (SSSR count). The van der Waals surface area contributed by atoms with Crippen molar-refractivity contribution in [2.45, 2.75) is 26.8 Å². The first-order valence-electron chi connectivity index (χ1n) is 10.1. The van der Waals surface area contributed by atoms with Gasteiger partial charge in [-0.05, 0) is 63.2 Å². The van der Waals surface area contributed by atoms with E-state index in [1.165, 1.54) is 0 Å². The highest BCUT2D eigenvalue weighted by atomic mass is 16.5. The van der Waals surface area contributed by atoms with Gasteiger partial charge in [0, 0.05) is 11.3 Å². The van der Waals surface area contributed by atoms with E-state index in [1.54, 1.807) is 24.3 Å². The lowest BCUT2D eigenvalue weighted by molar-refractivity contribution is -0.136. The van der Waals surface area contributed by atoms with Crippen molar-refractivity contribution in [1.82, 2.24) is 5.32 Å². The average molecular weight is 418 g/mol. The summed E-state index contributed by atoms with van der Waals surface area (Å²) in [6.07, 6.45) is 0. The lowest BCUT2D eigenvalue weighted by atomic mass is 10.0. The third-order valence-electron chi connectivity index (χ3n) is 4.58. The minimum atomic E-state index is -0.741. The van der Waals surface area contributed by atoms with Crippen molar-refractivity contribution in [3.63, 3.8) is 0 Å². The molecule has 160 valence electrons. The number of nitrogens with one attached hydrogen (secondary N) is 2. The van der Waals surface area contributed by atoms with E-state index in [-0.39, 0.29) is 6.04 Å². The Bertz CT molecular complexity index is 1030. The molecule has 0 aliphatic carbocycles. The normalized spacial score (nSPS) is 11.3. The second kappa shape index (κ2) is 10.3. The van der Waals surface area contributed by atoms with Gasteiger partial charge < -0.3 is 20.1 Å². The summed E-state index contributed by atoms with van der Waals surface area (Å²) in [7, 11) is 0. The maximum absolute atomic E-state index is 12.4. The van der Waals surface area contributed by atoms with Crippen LogP contribution in [0.1, 0.15) is 31.0 Å². The van der Waals surface area contributed by atoms with Crippen LogP contribution in [0.4, 0.5) is 5.69 Å². The molecule has 31 heavy (non-hydrogen) atoms. The predicted octanol–water partition coefficient (Wildman–Crippen LogP) is 5.00. The number of hydrogen-bond donors (Lipinski definition) is 2. The minimum Gasteiger partial charge on any atom is -0.494 e. The highest BCUT2D eigenvalue weighted by Gasteiger charge is 2.19. The Labute approximate surface area is 182 Å². The summed E-state index contributed by atoms with van der Waals surface area (Å²) < 4.78 is 11.4. The zero-order valence-corrected chi connectivity index (χ0v) is 17.8. The molecule has 2 N–H and O–H groups in total. The first kappa shape index (κ1) is 21.9. The van der Waals surface area contributed by atoms with Crippen molar-refractivity contribution in [3.05, 3.63) is 83.9 Å². The Balaban J connectivity index is 1.59. The van der Waals surface area contributed by atoms with Crippen LogP contribution in [-0.4, -0.2) is 18.4 Å². The van der Waals surface area contributed by atoms with E-state index < -0.39 is 11.8 Å². The fourth-order valence-corrected chi connectivity index (χ4v) is 3.05. The Morgan fingerprint density at radius 3 is 2.26 bits per heavy atom. The smallest absolute Gasteiger partial charge is 0.313 e. The van der Waals surface area contributed by atoms with Crippen LogP contribution in [0.2, 0.25) is 0 Å². The molecule has 0 aliphatic heterocycles. The largest absolute Gasteiger partial charge is 0.494 e. The zero-order valence-electron chi connectivity index (χ0n) is 17.8. The number of ether oxygens (including phenoxy) is 2. The molecular formula is C25H26N2O4. The molecule has 3 aromatic rings. The van der Waals surface area contributed by atoms with Crippen LogP contribution in [-0.2, 0) is 9.59 Å². The van der Waals surface area contributed by atoms with Gasteiger partial charge in [-0.15, -0.1) is 0 Å². The van der Waals surface area contributed by atoms with E-state index in [0.717, 1.165) is 16.9 Å². The molecule has 6 nitrogen and oxygen atoms in total. The molecule has 1 unspecified atom stereocenters. The van der Waals surface area contributed by atoms with Gasteiger partial charge in [-0.3, -0.25) is 9.59 Å². The molecule has 0 saturated carbocycles. The summed E-state index contributed by atoms with van der Waals surface area (Å²) in [5.41, 5.74) is 2.37. The zero-order chi connectivity index (χ0) is 22.2. The van der Waals surface area contributed by atoms with Gasteiger partial charge in [-0.1, -0.05) is 35.9 Å². The Kier molecular flexibility index (Phi) is 7.27. The Morgan fingerprint density at radius 1 is 0.903 bits per heavy atom. The topological polar surface area (TPSA) is 76.7 Å². The number of carbonyl (C=O) groups is 2. The summed E-state index contributed by atoms with van der Waals surface area (Å²) in [5.74, 6) is 0.575. The van der Waals surface area contributed by atoms with E-state index in [1.807, 2.05) is 69.3 Å². The summed E-state index contributed by atoms with van der Waals surface area (Å²) in [5, 5.41) is 5.33. The van der Waals surface area contributed by atoms with Crippen LogP contribution < -0.4 is 20.1 Å². The summed E-state index contributed by atoms with van der Waals surface area (Å²) in [4.78, 5) is 24.8. The van der Waals surface area contributed by atoms with Gasteiger partial charge in [0.15, 0.2) is 0 Å². The second-order valence-corrected chi connectivity index (χ2v) is 7.06. The minimum absolute atomic E-state index is 0.388. The molecule has 0 radical (unpaired) electrons. The summed E-state index contributed by atoms with van der Waals surface area (Å²) >= 11 is 0. The molecule has 0 saturated heterocycles. The van der Waals surface area contributed by atoms with Crippen LogP contribution in [0.15, 0.2) is 72.8 Å². The maximum atomic E-state index is 12.4. The Morgan fingerprint density at radius 2 is 1.58 bits per heavy atom. The number of para-hydroxylation sites is 1. The standard InChI is InChI=1S/C25H26N2O4/c1-4-30-23-15-10-17(2)16-22(23)18(3)26-24(28)25(29)27-19-11-13-21(14-12-19)31-20-8-6-5-7-9-20/h5-16,18H,4H2,1-3H3,(H,26,28)(H,27,29). The Hall–Kier alpha value is -3.80. The molecule has 0 aliphatic rings. The quantitative estimate of drug-likeness (QED) is 0.529. The molecule has 0 bridgehead atoms. The van der Waals surface area contributed by atoms with E-state index in [0.29, 0.717) is 23.8 Å². The monoisotopic (exact) mass is 418 g/mol. The number of benzene rings is 3. The fourth-order valence-electron chi connectivity index (χ4n) is 3.05. The van der Waals surface area contributed by atoms with Crippen molar-refractivity contribution >= 4 is 17.5 Å². The van der Waals surface area contributed by atoms with Crippen molar-refractivity contribution < 1.29 is 19.1 Å². The van der Waals surface area contributed by atoms with Crippen LogP contribution in [0.25, 0.3) is 0 Å². The number of aryl methyl sites for hydroxylation is 1. The van der Waals surface area contributed by atoms with Gasteiger partial charge in [0.1, 0.15) is 17.2 Å². The molecule has 6 heteroatoms. The number of hydrogen-bond acceptors (Lipinski definition) is 4. The third-order valence-corrected chi connectivity index (χ3v) is 4.58. The lowest BCUT2D eigenvalue weighted by Crippen LogP contribution is -2.37. The average Bonchev–Trinajstić information content (AvgIpc) is 2.77. The highest BCUT2D eigenvalue weighted by molar-refractivity contribution is 6.39. The van der Waals surface area contributed by atoms with Crippen LogP contribution in [0, 0.1) is 6.92 Å². The van der Waals surface area contributed by atoms with Gasteiger partial charge in [0.25, 0.3) is 0 Å². The van der Waals surface area contributed by atoms with Gasteiger partial charge in [-0.25, -0.2) is 0 Å². The van der Waals surface area contributed by atoms with E-state index in [2.05, 4.69) is 10.6 Å². The first-order valence-corrected chi connectivity index (χ1v) is 10.1. The predicted molar refractivity (Wildman–Crippen MR) is 120 cm³/mol. The number of rotatable bonds is 7. The van der Waals surface area contributed by atoms with Crippen molar-refractivity contribution in [1.29, 1.82) is 0 Å². The van der Waals surface area contributed by atoms with E-state index >= 15 is 0 Å². The molecule has 2 amide bonds. The van der Waals surface area contributed by atoms with Crippen molar-refractivity contribution in [3.8, 4) is 17.2 Å². The molecular weight excluding hydrogens is 392 g/mol. The van der Waals surface area contributed by atoms with Gasteiger partial charge in [0.05, 0.1) is 12.6 Å². The van der Waals surface area contributed by atoms with E-state index in [4.69, 9.17) is 9.47 Å². The molecule has 1 atom stereocenters. The van der Waals surface area contributed by atoms with Gasteiger partial charge in [-0.2, -0.15) is 0 Å². The third kappa shape index (κ3) is 6.09. The van der Waals surface area contributed by atoms with E-state index in [9.17, 15) is 9.59 Å². The van der Waals surface area contributed by atoms with Crippen LogP contribution in [0.3, 0.4) is 0 Å². The SMILES string of the molecule is CCOc1ccc(C)cc1C(C)NC(=O)C(=O)Nc1ccc(Oc2ccccc2)cc1. The first-order chi connectivity index (χ1) is 15.0. The number of carbonyl (C=O) groups excluding carboxylic acids is 2. The summed E-state index contributed by atoms with van der Waals surface area (Å²) in [6.45, 7) is 6.20.